The Morgan fingerprint density at radius 2 is 1.50 bits per heavy atom. The second-order valence-corrected chi connectivity index (χ2v) is 10.9. The number of quaternary nitrogens is 1. The van der Waals surface area contributed by atoms with Gasteiger partial charge in [-0.3, -0.25) is 19.2 Å². The Morgan fingerprint density at radius 3 is 2.17 bits per heavy atom. The number of nitrogens with one attached hydrogen (secondary N) is 4. The molecule has 0 bridgehead atoms. The van der Waals surface area contributed by atoms with E-state index in [1.165, 1.54) is 11.8 Å². The van der Waals surface area contributed by atoms with Crippen LogP contribution >= 0.6 is 11.8 Å². The van der Waals surface area contributed by atoms with Gasteiger partial charge in [0.1, 0.15) is 18.1 Å². The SMILES string of the molecule is CSCC[C@H](NC(=O)[C@H]([NH3+])Cc1c[nH]c2ccccc12)C(=O)N[C@H](CC(=O)[O-])C(=O)N[C@@H](Cc1ccccc1)C(N)=O. The Bertz CT molecular complexity index is 1400. The number of carboxylic acids is 1. The molecule has 2 aromatic carbocycles. The fourth-order valence-corrected chi connectivity index (χ4v) is 4.92. The maximum absolute atomic E-state index is 13.3. The molecule has 224 valence electrons. The molecule has 0 saturated heterocycles. The van der Waals surface area contributed by atoms with Crippen LogP contribution in [-0.2, 0) is 36.8 Å². The number of rotatable bonds is 16. The van der Waals surface area contributed by atoms with Crippen LogP contribution in [0.4, 0.5) is 0 Å². The van der Waals surface area contributed by atoms with Gasteiger partial charge in [0, 0.05) is 42.3 Å². The van der Waals surface area contributed by atoms with E-state index in [1.807, 2.05) is 36.7 Å². The van der Waals surface area contributed by atoms with Gasteiger partial charge < -0.3 is 42.3 Å². The fourth-order valence-electron chi connectivity index (χ4n) is 4.45. The third kappa shape index (κ3) is 9.35. The number of fused-ring (bicyclic) bond motifs is 1. The predicted octanol–water partition coefficient (Wildman–Crippen LogP) is -1.60. The molecule has 0 aliphatic carbocycles. The van der Waals surface area contributed by atoms with E-state index in [4.69, 9.17) is 5.73 Å². The van der Waals surface area contributed by atoms with Crippen LogP contribution in [0, 0.1) is 0 Å². The van der Waals surface area contributed by atoms with E-state index in [1.54, 1.807) is 30.3 Å². The van der Waals surface area contributed by atoms with Crippen molar-refractivity contribution in [3.05, 3.63) is 71.9 Å². The number of amides is 4. The fraction of sp³-hybridized carbons (Fsp3) is 0.345. The summed E-state index contributed by atoms with van der Waals surface area (Å²) in [7, 11) is 0. The number of aromatic nitrogens is 1. The number of aromatic amines is 1. The molecule has 0 aliphatic heterocycles. The van der Waals surface area contributed by atoms with Gasteiger partial charge in [0.25, 0.3) is 5.91 Å². The maximum atomic E-state index is 13.3. The van der Waals surface area contributed by atoms with Gasteiger partial charge in [-0.2, -0.15) is 11.8 Å². The Labute approximate surface area is 247 Å². The molecule has 4 amide bonds. The van der Waals surface area contributed by atoms with E-state index >= 15 is 0 Å². The Hall–Kier alpha value is -4.36. The molecule has 0 saturated carbocycles. The average molecular weight is 597 g/mol. The number of aliphatic carboxylic acids is 1. The summed E-state index contributed by atoms with van der Waals surface area (Å²) in [6.07, 6.45) is 3.40. The molecule has 12 nitrogen and oxygen atoms in total. The number of hydrogen-bond acceptors (Lipinski definition) is 7. The van der Waals surface area contributed by atoms with Crippen molar-refractivity contribution in [3.63, 3.8) is 0 Å². The molecule has 0 spiro atoms. The van der Waals surface area contributed by atoms with E-state index in [2.05, 4.69) is 26.7 Å². The topological polar surface area (TPSA) is 214 Å². The predicted molar refractivity (Wildman–Crippen MR) is 156 cm³/mol. The second kappa shape index (κ2) is 15.6. The van der Waals surface area contributed by atoms with Crippen molar-refractivity contribution in [1.82, 2.24) is 20.9 Å². The number of hydrogen-bond donors (Lipinski definition) is 6. The molecule has 1 heterocycles. The van der Waals surface area contributed by atoms with E-state index < -0.39 is 60.2 Å². The van der Waals surface area contributed by atoms with E-state index in [9.17, 15) is 29.1 Å². The highest BCUT2D eigenvalue weighted by Crippen LogP contribution is 2.18. The highest BCUT2D eigenvalue weighted by molar-refractivity contribution is 7.98. The van der Waals surface area contributed by atoms with Gasteiger partial charge >= 0.3 is 0 Å². The first-order chi connectivity index (χ1) is 20.1. The summed E-state index contributed by atoms with van der Waals surface area (Å²) in [6.45, 7) is 0. The van der Waals surface area contributed by atoms with Crippen LogP contribution in [0.3, 0.4) is 0 Å². The summed E-state index contributed by atoms with van der Waals surface area (Å²) in [6, 6.07) is 11.9. The minimum atomic E-state index is -1.59. The number of nitrogens with two attached hydrogens (primary N) is 1. The number of H-pyrrole nitrogens is 1. The number of carbonyl (C=O) groups is 5. The summed E-state index contributed by atoms with van der Waals surface area (Å²) >= 11 is 1.45. The van der Waals surface area contributed by atoms with Gasteiger partial charge in [0.05, 0.1) is 0 Å². The molecule has 0 unspecified atom stereocenters. The molecule has 4 atom stereocenters. The summed E-state index contributed by atoms with van der Waals surface area (Å²) in [5.41, 5.74) is 12.0. The monoisotopic (exact) mass is 596 g/mol. The highest BCUT2D eigenvalue weighted by atomic mass is 32.2. The molecule has 13 heteroatoms. The van der Waals surface area contributed by atoms with E-state index in [0.717, 1.165) is 22.0 Å². The lowest BCUT2D eigenvalue weighted by atomic mass is 10.0. The standard InChI is InChI=1S/C29H36N6O6S/c1-42-12-11-22(33-27(39)20(30)14-18-16-32-21-10-6-5-9-19(18)21)28(40)35-24(15-25(36)37)29(41)34-23(26(31)38)13-17-7-3-2-4-8-17/h2-10,16,20,22-24,32H,11-15,30H2,1H3,(H2,31,38)(H,33,39)(H,34,41)(H,35,40)(H,36,37)/t20-,22+,23+,24-/m1/s1. The lowest BCUT2D eigenvalue weighted by Gasteiger charge is -2.25. The van der Waals surface area contributed by atoms with Crippen molar-refractivity contribution in [2.45, 2.75) is 49.9 Å². The number of para-hydroxylation sites is 1. The molecule has 0 radical (unpaired) electrons. The molecule has 0 fully saturated rings. The highest BCUT2D eigenvalue weighted by Gasteiger charge is 2.31. The molecule has 3 rings (SSSR count). The zero-order valence-corrected chi connectivity index (χ0v) is 24.1. The first-order valence-corrected chi connectivity index (χ1v) is 14.8. The van der Waals surface area contributed by atoms with Crippen molar-refractivity contribution < 1.29 is 34.8 Å². The number of thioether (sulfide) groups is 1. The third-order valence-corrected chi connectivity index (χ3v) is 7.35. The smallest absolute Gasteiger partial charge is 0.279 e. The first-order valence-electron chi connectivity index (χ1n) is 13.4. The summed E-state index contributed by atoms with van der Waals surface area (Å²) in [5, 5.41) is 19.9. The number of carboxylic acid groups (broad SMARTS) is 1. The maximum Gasteiger partial charge on any atom is 0.279 e. The van der Waals surface area contributed by atoms with E-state index in [-0.39, 0.29) is 12.8 Å². The van der Waals surface area contributed by atoms with Crippen molar-refractivity contribution in [2.75, 3.05) is 12.0 Å². The minimum absolute atomic E-state index is 0.0711. The summed E-state index contributed by atoms with van der Waals surface area (Å²) < 4.78 is 0. The van der Waals surface area contributed by atoms with Gasteiger partial charge in [-0.15, -0.1) is 0 Å². The largest absolute Gasteiger partial charge is 0.550 e. The molecule has 42 heavy (non-hydrogen) atoms. The van der Waals surface area contributed by atoms with Gasteiger partial charge in [-0.1, -0.05) is 48.5 Å². The molecular formula is C29H36N6O6S. The van der Waals surface area contributed by atoms with Crippen LogP contribution in [0.15, 0.2) is 60.8 Å². The molecule has 0 aliphatic rings. The molecular weight excluding hydrogens is 560 g/mol. The number of primary amides is 1. The number of carbonyl (C=O) groups excluding carboxylic acids is 5. The van der Waals surface area contributed by atoms with Crippen molar-refractivity contribution >= 4 is 52.3 Å². The lowest BCUT2D eigenvalue weighted by Crippen LogP contribution is -2.70. The first kappa shape index (κ1) is 32.2. The Kier molecular flexibility index (Phi) is 11.9. The van der Waals surface area contributed by atoms with Crippen LogP contribution in [0.5, 0.6) is 0 Å². The molecule has 1 aromatic heterocycles. The van der Waals surface area contributed by atoms with Crippen molar-refractivity contribution in [2.24, 2.45) is 5.73 Å². The third-order valence-electron chi connectivity index (χ3n) is 6.70. The summed E-state index contributed by atoms with van der Waals surface area (Å²) in [5.74, 6) is -4.06. The van der Waals surface area contributed by atoms with Crippen molar-refractivity contribution in [3.8, 4) is 0 Å². The summed E-state index contributed by atoms with van der Waals surface area (Å²) in [4.78, 5) is 66.0. The lowest BCUT2D eigenvalue weighted by molar-refractivity contribution is -0.403. The average Bonchev–Trinajstić information content (AvgIpc) is 3.37. The zero-order valence-electron chi connectivity index (χ0n) is 23.3. The minimum Gasteiger partial charge on any atom is -0.550 e. The Balaban J connectivity index is 1.69. The normalized spacial score (nSPS) is 13.9. The second-order valence-electron chi connectivity index (χ2n) is 9.89. The van der Waals surface area contributed by atoms with Crippen LogP contribution in [0.2, 0.25) is 0 Å². The van der Waals surface area contributed by atoms with Gasteiger partial charge in [-0.05, 0) is 35.6 Å². The van der Waals surface area contributed by atoms with Crippen LogP contribution < -0.4 is 32.5 Å². The zero-order chi connectivity index (χ0) is 30.6. The number of benzene rings is 2. The molecule has 9 N–H and O–H groups in total. The van der Waals surface area contributed by atoms with Crippen molar-refractivity contribution in [1.29, 1.82) is 0 Å². The van der Waals surface area contributed by atoms with Gasteiger partial charge in [0.15, 0.2) is 6.04 Å². The quantitative estimate of drug-likeness (QED) is 0.114. The van der Waals surface area contributed by atoms with Gasteiger partial charge in [-0.25, -0.2) is 0 Å². The van der Waals surface area contributed by atoms with Crippen LogP contribution in [0.1, 0.15) is 24.0 Å². The van der Waals surface area contributed by atoms with Crippen LogP contribution in [-0.4, -0.2) is 70.8 Å². The van der Waals surface area contributed by atoms with Gasteiger partial charge in [0.2, 0.25) is 17.7 Å². The van der Waals surface area contributed by atoms with E-state index in [0.29, 0.717) is 12.2 Å². The van der Waals surface area contributed by atoms with Crippen LogP contribution in [0.25, 0.3) is 10.9 Å². The molecule has 3 aromatic rings. The Morgan fingerprint density at radius 1 is 0.881 bits per heavy atom.